The molecule has 0 saturated carbocycles. The van der Waals surface area contributed by atoms with Crippen LogP contribution in [0.4, 0.5) is 0 Å². The Balaban J connectivity index is 1.68. The number of likely N-dealkylation sites (tertiary alicyclic amines) is 1. The Morgan fingerprint density at radius 3 is 1.84 bits per heavy atom. The third kappa shape index (κ3) is 4.87. The van der Waals surface area contributed by atoms with Crippen LogP contribution in [0.1, 0.15) is 41.5 Å². The van der Waals surface area contributed by atoms with Gasteiger partial charge in [-0.3, -0.25) is 9.69 Å². The Bertz CT molecular complexity index is 923. The topological polar surface area (TPSA) is 43.8 Å². The molecule has 0 aromatic heterocycles. The number of benzene rings is 3. The van der Waals surface area contributed by atoms with Crippen molar-refractivity contribution in [3.8, 4) is 0 Å². The van der Waals surface area contributed by atoms with Crippen molar-refractivity contribution in [3.05, 3.63) is 108 Å². The Kier molecular flexibility index (Phi) is 6.80. The van der Waals surface area contributed by atoms with Gasteiger partial charge in [0.2, 0.25) is 5.91 Å². The molecule has 0 spiro atoms. The lowest BCUT2D eigenvalue weighted by Gasteiger charge is -2.35. The van der Waals surface area contributed by atoms with Gasteiger partial charge in [-0.2, -0.15) is 0 Å². The minimum atomic E-state index is -0.436. The molecule has 0 unspecified atom stereocenters. The second-order valence-electron chi connectivity index (χ2n) is 8.25. The van der Waals surface area contributed by atoms with Crippen LogP contribution in [0.3, 0.4) is 0 Å². The van der Waals surface area contributed by atoms with Gasteiger partial charge in [0.15, 0.2) is 0 Å². The van der Waals surface area contributed by atoms with Gasteiger partial charge in [0.05, 0.1) is 12.0 Å². The fourth-order valence-electron chi connectivity index (χ4n) is 4.50. The van der Waals surface area contributed by atoms with E-state index in [1.165, 1.54) is 0 Å². The van der Waals surface area contributed by atoms with Crippen molar-refractivity contribution in [2.45, 2.75) is 31.0 Å². The van der Waals surface area contributed by atoms with Crippen molar-refractivity contribution in [2.75, 3.05) is 20.1 Å². The molecule has 4 rings (SSSR count). The normalized spacial score (nSPS) is 17.6. The standard InChI is InChI=1S/C27H30N2O2/c1-28(24(21-12-5-2-6-13-21)20-29-19-11-18-25(29)30)27(31)26(22-14-7-3-8-15-22)23-16-9-4-10-17-23/h2-10,12-17,24-26,30H,11,18-20H2,1H3/t24-,25+/m1/s1. The molecule has 1 aliphatic rings. The third-order valence-electron chi connectivity index (χ3n) is 6.25. The number of rotatable bonds is 7. The van der Waals surface area contributed by atoms with Crippen LogP contribution in [0.25, 0.3) is 0 Å². The quantitative estimate of drug-likeness (QED) is 0.622. The lowest BCUT2D eigenvalue weighted by atomic mass is 9.89. The van der Waals surface area contributed by atoms with Crippen molar-refractivity contribution in [2.24, 2.45) is 0 Å². The number of aliphatic hydroxyl groups excluding tert-OH is 1. The minimum absolute atomic E-state index is 0.0555. The smallest absolute Gasteiger partial charge is 0.234 e. The SMILES string of the molecule is CN(C(=O)C(c1ccccc1)c1ccccc1)[C@H](CN1CCC[C@@H]1O)c1ccccc1. The average molecular weight is 415 g/mol. The predicted octanol–water partition coefficient (Wildman–Crippen LogP) is 4.43. The molecule has 0 bridgehead atoms. The van der Waals surface area contributed by atoms with Crippen LogP contribution in [0.2, 0.25) is 0 Å². The monoisotopic (exact) mass is 414 g/mol. The number of aliphatic hydroxyl groups is 1. The average Bonchev–Trinajstić information content (AvgIpc) is 3.23. The third-order valence-corrected chi connectivity index (χ3v) is 6.25. The summed E-state index contributed by atoms with van der Waals surface area (Å²) in [6, 6.07) is 29.9. The highest BCUT2D eigenvalue weighted by Crippen LogP contribution is 2.31. The van der Waals surface area contributed by atoms with Gasteiger partial charge in [0, 0.05) is 20.1 Å². The largest absolute Gasteiger partial charge is 0.378 e. The molecule has 0 aliphatic carbocycles. The molecule has 1 saturated heterocycles. The maximum atomic E-state index is 14.0. The fraction of sp³-hybridized carbons (Fsp3) is 0.296. The van der Waals surface area contributed by atoms with Gasteiger partial charge < -0.3 is 10.0 Å². The molecule has 1 aliphatic heterocycles. The maximum Gasteiger partial charge on any atom is 0.234 e. The van der Waals surface area contributed by atoms with Gasteiger partial charge in [-0.25, -0.2) is 0 Å². The summed E-state index contributed by atoms with van der Waals surface area (Å²) < 4.78 is 0. The molecule has 0 radical (unpaired) electrons. The van der Waals surface area contributed by atoms with Gasteiger partial charge in [-0.1, -0.05) is 91.0 Å². The van der Waals surface area contributed by atoms with E-state index < -0.39 is 6.23 Å². The molecule has 4 heteroatoms. The van der Waals surface area contributed by atoms with E-state index in [1.54, 1.807) is 0 Å². The molecule has 3 aromatic rings. The number of hydrogen-bond donors (Lipinski definition) is 1. The van der Waals surface area contributed by atoms with Crippen LogP contribution in [0.5, 0.6) is 0 Å². The summed E-state index contributed by atoms with van der Waals surface area (Å²) in [5.41, 5.74) is 3.05. The Hall–Kier alpha value is -2.95. The molecule has 3 aromatic carbocycles. The van der Waals surface area contributed by atoms with Gasteiger partial charge in [-0.05, 0) is 29.5 Å². The summed E-state index contributed by atoms with van der Waals surface area (Å²) in [6.07, 6.45) is 1.33. The number of carbonyl (C=O) groups is 1. The number of likely N-dealkylation sites (N-methyl/N-ethyl adjacent to an activating group) is 1. The molecule has 1 N–H and O–H groups in total. The molecule has 2 atom stereocenters. The van der Waals surface area contributed by atoms with Crippen molar-refractivity contribution in [1.82, 2.24) is 9.80 Å². The zero-order valence-electron chi connectivity index (χ0n) is 18.0. The highest BCUT2D eigenvalue weighted by atomic mass is 16.3. The van der Waals surface area contributed by atoms with E-state index in [4.69, 9.17) is 0 Å². The van der Waals surface area contributed by atoms with E-state index in [9.17, 15) is 9.90 Å². The van der Waals surface area contributed by atoms with Gasteiger partial charge in [0.25, 0.3) is 0 Å². The zero-order chi connectivity index (χ0) is 21.6. The first-order valence-electron chi connectivity index (χ1n) is 11.0. The van der Waals surface area contributed by atoms with Gasteiger partial charge >= 0.3 is 0 Å². The number of nitrogens with zero attached hydrogens (tertiary/aromatic N) is 2. The van der Waals surface area contributed by atoms with Crippen molar-refractivity contribution < 1.29 is 9.90 Å². The minimum Gasteiger partial charge on any atom is -0.378 e. The summed E-state index contributed by atoms with van der Waals surface area (Å²) >= 11 is 0. The molecule has 160 valence electrons. The molecular weight excluding hydrogens is 384 g/mol. The zero-order valence-corrected chi connectivity index (χ0v) is 18.0. The van der Waals surface area contributed by atoms with Crippen LogP contribution in [-0.2, 0) is 4.79 Å². The number of hydrogen-bond acceptors (Lipinski definition) is 3. The van der Waals surface area contributed by atoms with Gasteiger partial charge in [0.1, 0.15) is 6.23 Å². The fourth-order valence-corrected chi connectivity index (χ4v) is 4.50. The summed E-state index contributed by atoms with van der Waals surface area (Å²) in [6.45, 7) is 1.47. The second-order valence-corrected chi connectivity index (χ2v) is 8.25. The Morgan fingerprint density at radius 1 is 0.903 bits per heavy atom. The van der Waals surface area contributed by atoms with Crippen molar-refractivity contribution in [1.29, 1.82) is 0 Å². The predicted molar refractivity (Wildman–Crippen MR) is 123 cm³/mol. The second kappa shape index (κ2) is 9.90. The summed E-state index contributed by atoms with van der Waals surface area (Å²) in [4.78, 5) is 17.9. The van der Waals surface area contributed by atoms with Crippen LogP contribution >= 0.6 is 0 Å². The van der Waals surface area contributed by atoms with Crippen LogP contribution < -0.4 is 0 Å². The van der Waals surface area contributed by atoms with Crippen LogP contribution in [0.15, 0.2) is 91.0 Å². The van der Waals surface area contributed by atoms with E-state index in [1.807, 2.05) is 90.8 Å². The van der Waals surface area contributed by atoms with Crippen LogP contribution in [0, 0.1) is 0 Å². The summed E-state index contributed by atoms with van der Waals surface area (Å²) in [5.74, 6) is -0.318. The molecule has 1 amide bonds. The van der Waals surface area contributed by atoms with E-state index in [0.29, 0.717) is 6.54 Å². The maximum absolute atomic E-state index is 14.0. The van der Waals surface area contributed by atoms with Crippen LogP contribution in [-0.4, -0.2) is 47.2 Å². The van der Waals surface area contributed by atoms with E-state index in [0.717, 1.165) is 36.1 Å². The Labute approximate surface area is 184 Å². The van der Waals surface area contributed by atoms with Crippen molar-refractivity contribution in [3.63, 3.8) is 0 Å². The molecular formula is C27H30N2O2. The summed E-state index contributed by atoms with van der Waals surface area (Å²) in [5, 5.41) is 10.4. The number of amides is 1. The van der Waals surface area contributed by atoms with Crippen molar-refractivity contribution >= 4 is 5.91 Å². The molecule has 1 fully saturated rings. The van der Waals surface area contributed by atoms with E-state index >= 15 is 0 Å². The summed E-state index contributed by atoms with van der Waals surface area (Å²) in [7, 11) is 1.89. The van der Waals surface area contributed by atoms with E-state index in [-0.39, 0.29) is 17.9 Å². The highest BCUT2D eigenvalue weighted by molar-refractivity contribution is 5.87. The number of carbonyl (C=O) groups excluding carboxylic acids is 1. The highest BCUT2D eigenvalue weighted by Gasteiger charge is 2.33. The Morgan fingerprint density at radius 2 is 1.39 bits per heavy atom. The lowest BCUT2D eigenvalue weighted by Crippen LogP contribution is -2.42. The first-order chi connectivity index (χ1) is 15.1. The molecule has 31 heavy (non-hydrogen) atoms. The molecule has 4 nitrogen and oxygen atoms in total. The lowest BCUT2D eigenvalue weighted by molar-refractivity contribution is -0.133. The van der Waals surface area contributed by atoms with Gasteiger partial charge in [-0.15, -0.1) is 0 Å². The first-order valence-corrected chi connectivity index (χ1v) is 11.0. The first kappa shape index (κ1) is 21.3. The van der Waals surface area contributed by atoms with E-state index in [2.05, 4.69) is 17.0 Å². The molecule has 1 heterocycles.